The molecule has 1 N–H and O–H groups in total. The quantitative estimate of drug-likeness (QED) is 0.927. The zero-order valence-corrected chi connectivity index (χ0v) is 13.9. The van der Waals surface area contributed by atoms with E-state index in [2.05, 4.69) is 35.3 Å². The van der Waals surface area contributed by atoms with Crippen LogP contribution >= 0.6 is 0 Å². The maximum Gasteiger partial charge on any atom is 0.225 e. The summed E-state index contributed by atoms with van der Waals surface area (Å²) >= 11 is 0. The SMILES string of the molecule is C[C@@H]1CN(C(=O)C2CC2)CC[C@@H]1NCc1ccc2c(c1)CCO2. The molecule has 3 aliphatic rings. The Hall–Kier alpha value is -1.55. The molecule has 2 atom stereocenters. The molecule has 2 fully saturated rings. The minimum Gasteiger partial charge on any atom is -0.493 e. The molecule has 124 valence electrons. The standard InChI is InChI=1S/C19H26N2O2/c1-13-12-21(19(22)15-3-4-15)8-6-17(13)20-11-14-2-5-18-16(10-14)7-9-23-18/h2,5,10,13,15,17,20H,3-4,6-9,11-12H2,1H3/t13-,17+/m1/s1. The van der Waals surface area contributed by atoms with Gasteiger partial charge in [0.25, 0.3) is 0 Å². The number of likely N-dealkylation sites (tertiary alicyclic amines) is 1. The van der Waals surface area contributed by atoms with Gasteiger partial charge in [-0.1, -0.05) is 19.1 Å². The maximum absolute atomic E-state index is 12.2. The van der Waals surface area contributed by atoms with Crippen molar-refractivity contribution in [2.45, 2.75) is 45.2 Å². The van der Waals surface area contributed by atoms with Gasteiger partial charge in [0.15, 0.2) is 0 Å². The van der Waals surface area contributed by atoms with Crippen molar-refractivity contribution in [3.05, 3.63) is 29.3 Å². The van der Waals surface area contributed by atoms with Crippen molar-refractivity contribution in [1.29, 1.82) is 0 Å². The fourth-order valence-electron chi connectivity index (χ4n) is 3.84. The molecule has 1 saturated carbocycles. The van der Waals surface area contributed by atoms with Gasteiger partial charge in [-0.2, -0.15) is 0 Å². The second-order valence-corrected chi connectivity index (χ2v) is 7.35. The van der Waals surface area contributed by atoms with Gasteiger partial charge >= 0.3 is 0 Å². The van der Waals surface area contributed by atoms with Crippen LogP contribution in [-0.2, 0) is 17.8 Å². The average Bonchev–Trinajstić information content (AvgIpc) is 3.30. The van der Waals surface area contributed by atoms with Gasteiger partial charge in [0.1, 0.15) is 5.75 Å². The Balaban J connectivity index is 1.30. The third kappa shape index (κ3) is 3.23. The Kier molecular flexibility index (Phi) is 4.02. The van der Waals surface area contributed by atoms with Gasteiger partial charge in [-0.25, -0.2) is 0 Å². The number of fused-ring (bicyclic) bond motifs is 1. The predicted octanol–water partition coefficient (Wildman–Crippen LogP) is 2.36. The van der Waals surface area contributed by atoms with E-state index in [0.29, 0.717) is 23.8 Å². The number of amides is 1. The van der Waals surface area contributed by atoms with Gasteiger partial charge in [0.05, 0.1) is 6.61 Å². The second-order valence-electron chi connectivity index (χ2n) is 7.35. The zero-order valence-electron chi connectivity index (χ0n) is 13.9. The van der Waals surface area contributed by atoms with Crippen molar-refractivity contribution >= 4 is 5.91 Å². The van der Waals surface area contributed by atoms with Crippen molar-refractivity contribution in [1.82, 2.24) is 10.2 Å². The Morgan fingerprint density at radius 1 is 1.35 bits per heavy atom. The van der Waals surface area contributed by atoms with Crippen molar-refractivity contribution < 1.29 is 9.53 Å². The summed E-state index contributed by atoms with van der Waals surface area (Å²) < 4.78 is 5.57. The average molecular weight is 314 g/mol. The first-order valence-corrected chi connectivity index (χ1v) is 8.97. The summed E-state index contributed by atoms with van der Waals surface area (Å²) in [6.45, 7) is 5.80. The number of hydrogen-bond donors (Lipinski definition) is 1. The first-order valence-electron chi connectivity index (χ1n) is 8.97. The lowest BCUT2D eigenvalue weighted by atomic mass is 9.93. The van der Waals surface area contributed by atoms with E-state index in [9.17, 15) is 4.79 Å². The van der Waals surface area contributed by atoms with E-state index in [0.717, 1.165) is 57.7 Å². The van der Waals surface area contributed by atoms with Crippen LogP contribution in [0.2, 0.25) is 0 Å². The molecule has 0 radical (unpaired) electrons. The number of ether oxygens (including phenoxy) is 1. The Bertz CT molecular complexity index is 597. The van der Waals surface area contributed by atoms with Gasteiger partial charge in [-0.3, -0.25) is 4.79 Å². The van der Waals surface area contributed by atoms with Crippen molar-refractivity contribution in [3.63, 3.8) is 0 Å². The number of piperidine rings is 1. The molecule has 0 aromatic heterocycles. The van der Waals surface area contributed by atoms with E-state index in [1.807, 2.05) is 0 Å². The first kappa shape index (κ1) is 15.0. The van der Waals surface area contributed by atoms with Crippen LogP contribution < -0.4 is 10.1 Å². The molecule has 2 aliphatic heterocycles. The summed E-state index contributed by atoms with van der Waals surface area (Å²) in [5.41, 5.74) is 2.67. The van der Waals surface area contributed by atoms with Crippen LogP contribution in [0.1, 0.15) is 37.3 Å². The molecular formula is C19H26N2O2. The smallest absolute Gasteiger partial charge is 0.225 e. The lowest BCUT2D eigenvalue weighted by Crippen LogP contribution is -2.50. The summed E-state index contributed by atoms with van der Waals surface area (Å²) in [6.07, 6.45) is 4.30. The molecule has 0 spiro atoms. The van der Waals surface area contributed by atoms with Crippen LogP contribution in [0.3, 0.4) is 0 Å². The molecule has 4 heteroatoms. The molecule has 1 aromatic carbocycles. The number of nitrogens with one attached hydrogen (secondary N) is 1. The van der Waals surface area contributed by atoms with Crippen LogP contribution in [0.5, 0.6) is 5.75 Å². The maximum atomic E-state index is 12.2. The van der Waals surface area contributed by atoms with Crippen molar-refractivity contribution in [3.8, 4) is 5.75 Å². The molecule has 0 bridgehead atoms. The fraction of sp³-hybridized carbons (Fsp3) is 0.632. The molecule has 1 aromatic rings. The monoisotopic (exact) mass is 314 g/mol. The van der Waals surface area contributed by atoms with Crippen molar-refractivity contribution in [2.24, 2.45) is 11.8 Å². The third-order valence-corrected chi connectivity index (χ3v) is 5.47. The van der Waals surface area contributed by atoms with Crippen LogP contribution in [0.25, 0.3) is 0 Å². The van der Waals surface area contributed by atoms with E-state index in [1.54, 1.807) is 0 Å². The minimum absolute atomic E-state index is 0.348. The molecule has 1 saturated heterocycles. The van der Waals surface area contributed by atoms with Crippen LogP contribution in [0.4, 0.5) is 0 Å². The Morgan fingerprint density at radius 2 is 2.22 bits per heavy atom. The van der Waals surface area contributed by atoms with Gasteiger partial charge < -0.3 is 15.0 Å². The van der Waals surface area contributed by atoms with Crippen molar-refractivity contribution in [2.75, 3.05) is 19.7 Å². The molecule has 4 nitrogen and oxygen atoms in total. The lowest BCUT2D eigenvalue weighted by molar-refractivity contribution is -0.134. The number of nitrogens with zero attached hydrogens (tertiary/aromatic N) is 1. The van der Waals surface area contributed by atoms with E-state index in [4.69, 9.17) is 4.74 Å². The lowest BCUT2D eigenvalue weighted by Gasteiger charge is -2.37. The van der Waals surface area contributed by atoms with Crippen LogP contribution in [0.15, 0.2) is 18.2 Å². The number of carbonyl (C=O) groups is 1. The van der Waals surface area contributed by atoms with Crippen LogP contribution in [-0.4, -0.2) is 36.5 Å². The number of hydrogen-bond acceptors (Lipinski definition) is 3. The highest BCUT2D eigenvalue weighted by atomic mass is 16.5. The van der Waals surface area contributed by atoms with E-state index in [-0.39, 0.29) is 0 Å². The second kappa shape index (κ2) is 6.16. The number of benzene rings is 1. The highest BCUT2D eigenvalue weighted by Crippen LogP contribution is 2.32. The fourth-order valence-corrected chi connectivity index (χ4v) is 3.84. The zero-order chi connectivity index (χ0) is 15.8. The van der Waals surface area contributed by atoms with E-state index >= 15 is 0 Å². The molecule has 0 unspecified atom stereocenters. The topological polar surface area (TPSA) is 41.6 Å². The highest BCUT2D eigenvalue weighted by molar-refractivity contribution is 5.81. The van der Waals surface area contributed by atoms with Gasteiger partial charge in [-0.15, -0.1) is 0 Å². The van der Waals surface area contributed by atoms with E-state index in [1.165, 1.54) is 11.1 Å². The molecule has 1 amide bonds. The molecule has 1 aliphatic carbocycles. The summed E-state index contributed by atoms with van der Waals surface area (Å²) in [5, 5.41) is 3.70. The first-order chi connectivity index (χ1) is 11.2. The summed E-state index contributed by atoms with van der Waals surface area (Å²) in [5.74, 6) is 2.31. The molecule has 4 rings (SSSR count). The molecule has 23 heavy (non-hydrogen) atoms. The van der Waals surface area contributed by atoms with Crippen LogP contribution in [0, 0.1) is 11.8 Å². The van der Waals surface area contributed by atoms with Gasteiger partial charge in [0.2, 0.25) is 5.91 Å². The van der Waals surface area contributed by atoms with Gasteiger partial charge in [0, 0.05) is 38.0 Å². The summed E-state index contributed by atoms with van der Waals surface area (Å²) in [6, 6.07) is 7.03. The Labute approximate surface area is 138 Å². The molecule has 2 heterocycles. The number of rotatable bonds is 4. The molecular weight excluding hydrogens is 288 g/mol. The van der Waals surface area contributed by atoms with Gasteiger partial charge in [-0.05, 0) is 42.4 Å². The Morgan fingerprint density at radius 3 is 3.00 bits per heavy atom. The minimum atomic E-state index is 0.348. The normalized spacial score (nSPS) is 26.7. The third-order valence-electron chi connectivity index (χ3n) is 5.47. The number of carbonyl (C=O) groups excluding carboxylic acids is 1. The summed E-state index contributed by atoms with van der Waals surface area (Å²) in [4.78, 5) is 14.3. The van der Waals surface area contributed by atoms with E-state index < -0.39 is 0 Å². The largest absolute Gasteiger partial charge is 0.493 e. The predicted molar refractivity (Wildman–Crippen MR) is 89.4 cm³/mol. The summed E-state index contributed by atoms with van der Waals surface area (Å²) in [7, 11) is 0. The highest BCUT2D eigenvalue weighted by Gasteiger charge is 2.36.